The van der Waals surface area contributed by atoms with Gasteiger partial charge in [-0.05, 0) is 56.0 Å². The van der Waals surface area contributed by atoms with E-state index in [-0.39, 0.29) is 5.91 Å². The maximum atomic E-state index is 12.8. The molecule has 0 aliphatic rings. The van der Waals surface area contributed by atoms with Crippen molar-refractivity contribution in [2.75, 3.05) is 23.7 Å². The third-order valence-electron chi connectivity index (χ3n) is 4.52. The van der Waals surface area contributed by atoms with Gasteiger partial charge in [0.15, 0.2) is 0 Å². The van der Waals surface area contributed by atoms with Gasteiger partial charge in [-0.1, -0.05) is 37.3 Å². The van der Waals surface area contributed by atoms with Crippen LogP contribution < -0.4 is 14.4 Å². The molecule has 0 spiro atoms. The summed E-state index contributed by atoms with van der Waals surface area (Å²) < 4.78 is 31.6. The molecule has 2 aromatic carbocycles. The van der Waals surface area contributed by atoms with Crippen molar-refractivity contribution < 1.29 is 17.9 Å². The number of ether oxygens (including phenoxy) is 1. The standard InChI is InChI=1S/C22H30N2O4S/c1-4-21(22(25)23-17-9-12-18-10-7-6-8-11-18)24(29(3,26)27)19-13-15-20(16-14-19)28-5-2/h6-8,10-11,13-16,21H,4-5,9,12,17H2,1-3H3,(H,23,25)/t21-/m0/s1. The second-order valence-corrected chi connectivity index (χ2v) is 8.65. The molecule has 0 saturated carbocycles. The molecule has 0 aliphatic carbocycles. The second kappa shape index (κ2) is 10.9. The summed E-state index contributed by atoms with van der Waals surface area (Å²) >= 11 is 0. The van der Waals surface area contributed by atoms with E-state index in [1.165, 1.54) is 9.87 Å². The number of rotatable bonds is 11. The highest BCUT2D eigenvalue weighted by molar-refractivity contribution is 7.92. The minimum atomic E-state index is -3.64. The predicted molar refractivity (Wildman–Crippen MR) is 117 cm³/mol. The van der Waals surface area contributed by atoms with Crippen LogP contribution in [-0.4, -0.2) is 39.8 Å². The van der Waals surface area contributed by atoms with Crippen LogP contribution in [0.5, 0.6) is 5.75 Å². The normalized spacial score (nSPS) is 12.2. The first-order valence-corrected chi connectivity index (χ1v) is 11.8. The summed E-state index contributed by atoms with van der Waals surface area (Å²) in [4.78, 5) is 12.8. The quantitative estimate of drug-likeness (QED) is 0.568. The SMILES string of the molecule is CCOc1ccc(N([C@@H](CC)C(=O)NCCCc2ccccc2)S(C)(=O)=O)cc1. The number of nitrogens with one attached hydrogen (secondary N) is 1. The molecule has 0 unspecified atom stereocenters. The molecule has 2 rings (SSSR count). The molecule has 0 radical (unpaired) electrons. The average molecular weight is 419 g/mol. The Morgan fingerprint density at radius 1 is 1.07 bits per heavy atom. The number of amides is 1. The zero-order valence-electron chi connectivity index (χ0n) is 17.3. The van der Waals surface area contributed by atoms with Crippen molar-refractivity contribution >= 4 is 21.6 Å². The number of benzene rings is 2. The Morgan fingerprint density at radius 3 is 2.28 bits per heavy atom. The molecule has 2 aromatic rings. The fourth-order valence-corrected chi connectivity index (χ4v) is 4.39. The highest BCUT2D eigenvalue weighted by Crippen LogP contribution is 2.25. The molecular formula is C22H30N2O4S. The molecule has 0 bridgehead atoms. The minimum absolute atomic E-state index is 0.292. The zero-order valence-corrected chi connectivity index (χ0v) is 18.1. The largest absolute Gasteiger partial charge is 0.494 e. The second-order valence-electron chi connectivity index (χ2n) is 6.79. The minimum Gasteiger partial charge on any atom is -0.494 e. The van der Waals surface area contributed by atoms with E-state index < -0.39 is 16.1 Å². The van der Waals surface area contributed by atoms with Crippen LogP contribution in [0.4, 0.5) is 5.69 Å². The van der Waals surface area contributed by atoms with Gasteiger partial charge >= 0.3 is 0 Å². The van der Waals surface area contributed by atoms with Crippen molar-refractivity contribution in [3.8, 4) is 5.75 Å². The van der Waals surface area contributed by atoms with Crippen molar-refractivity contribution in [1.29, 1.82) is 0 Å². The third-order valence-corrected chi connectivity index (χ3v) is 5.70. The Labute approximate surface area is 173 Å². The Balaban J connectivity index is 2.06. The fourth-order valence-electron chi connectivity index (χ4n) is 3.18. The lowest BCUT2D eigenvalue weighted by Gasteiger charge is -2.30. The van der Waals surface area contributed by atoms with Gasteiger partial charge in [-0.25, -0.2) is 8.42 Å². The molecule has 0 heterocycles. The van der Waals surface area contributed by atoms with E-state index >= 15 is 0 Å². The Kier molecular flexibility index (Phi) is 8.51. The summed E-state index contributed by atoms with van der Waals surface area (Å²) in [7, 11) is -3.64. The first-order chi connectivity index (χ1) is 13.9. The highest BCUT2D eigenvalue weighted by atomic mass is 32.2. The number of aryl methyl sites for hydroxylation is 1. The number of hydrogen-bond acceptors (Lipinski definition) is 4. The van der Waals surface area contributed by atoms with Crippen LogP contribution in [-0.2, 0) is 21.2 Å². The topological polar surface area (TPSA) is 75.7 Å². The van der Waals surface area contributed by atoms with Crippen molar-refractivity contribution in [3.63, 3.8) is 0 Å². The fraction of sp³-hybridized carbons (Fsp3) is 0.409. The number of sulfonamides is 1. The van der Waals surface area contributed by atoms with Gasteiger partial charge in [0.1, 0.15) is 11.8 Å². The molecule has 0 aliphatic heterocycles. The number of hydrogen-bond donors (Lipinski definition) is 1. The van der Waals surface area contributed by atoms with Crippen molar-refractivity contribution in [3.05, 3.63) is 60.2 Å². The molecule has 1 N–H and O–H groups in total. The maximum absolute atomic E-state index is 12.8. The van der Waals surface area contributed by atoms with Crippen molar-refractivity contribution in [1.82, 2.24) is 5.32 Å². The first kappa shape index (κ1) is 22.7. The Bertz CT molecular complexity index is 867. The lowest BCUT2D eigenvalue weighted by molar-refractivity contribution is -0.122. The summed E-state index contributed by atoms with van der Waals surface area (Å²) in [6.45, 7) is 4.70. The Hall–Kier alpha value is -2.54. The summed E-state index contributed by atoms with van der Waals surface area (Å²) in [6, 6.07) is 16.0. The first-order valence-electron chi connectivity index (χ1n) is 9.90. The summed E-state index contributed by atoms with van der Waals surface area (Å²) in [5.41, 5.74) is 1.66. The molecule has 0 saturated heterocycles. The Morgan fingerprint density at radius 2 is 1.72 bits per heavy atom. The monoisotopic (exact) mass is 418 g/mol. The van der Waals surface area contributed by atoms with Gasteiger partial charge in [0.2, 0.25) is 15.9 Å². The van der Waals surface area contributed by atoms with Crippen molar-refractivity contribution in [2.24, 2.45) is 0 Å². The van der Waals surface area contributed by atoms with Crippen LogP contribution in [0.15, 0.2) is 54.6 Å². The van der Waals surface area contributed by atoms with Gasteiger partial charge < -0.3 is 10.1 Å². The molecule has 29 heavy (non-hydrogen) atoms. The van der Waals surface area contributed by atoms with Crippen LogP contribution in [0.25, 0.3) is 0 Å². The van der Waals surface area contributed by atoms with Gasteiger partial charge in [-0.2, -0.15) is 0 Å². The van der Waals surface area contributed by atoms with Gasteiger partial charge in [0.05, 0.1) is 18.6 Å². The van der Waals surface area contributed by atoms with Crippen LogP contribution in [0.3, 0.4) is 0 Å². The lowest BCUT2D eigenvalue weighted by atomic mass is 10.1. The van der Waals surface area contributed by atoms with E-state index in [2.05, 4.69) is 5.32 Å². The molecule has 0 aromatic heterocycles. The average Bonchev–Trinajstić information content (AvgIpc) is 2.70. The van der Waals surface area contributed by atoms with Gasteiger partial charge in [-0.15, -0.1) is 0 Å². The van der Waals surface area contributed by atoms with Crippen molar-refractivity contribution in [2.45, 2.75) is 39.2 Å². The molecular weight excluding hydrogens is 388 g/mol. The predicted octanol–water partition coefficient (Wildman–Crippen LogP) is 3.38. The lowest BCUT2D eigenvalue weighted by Crippen LogP contribution is -2.49. The number of anilines is 1. The van der Waals surface area contributed by atoms with E-state index in [9.17, 15) is 13.2 Å². The molecule has 7 heteroatoms. The van der Waals surface area contributed by atoms with Crippen LogP contribution in [0, 0.1) is 0 Å². The van der Waals surface area contributed by atoms with E-state index in [4.69, 9.17) is 4.74 Å². The molecule has 6 nitrogen and oxygen atoms in total. The summed E-state index contributed by atoms with van der Waals surface area (Å²) in [6.07, 6.45) is 3.13. The number of nitrogens with zero attached hydrogens (tertiary/aromatic N) is 1. The van der Waals surface area contributed by atoms with Gasteiger partial charge in [0.25, 0.3) is 0 Å². The van der Waals surface area contributed by atoms with Gasteiger partial charge in [-0.3, -0.25) is 9.10 Å². The summed E-state index contributed by atoms with van der Waals surface area (Å²) in [5.74, 6) is 0.364. The van der Waals surface area contributed by atoms with Crippen LogP contribution in [0.1, 0.15) is 32.3 Å². The molecule has 0 fully saturated rings. The smallest absolute Gasteiger partial charge is 0.243 e. The molecule has 158 valence electrons. The zero-order chi connectivity index (χ0) is 21.3. The molecule has 1 amide bonds. The van der Waals surface area contributed by atoms with E-state index in [0.29, 0.717) is 31.0 Å². The molecule has 1 atom stereocenters. The van der Waals surface area contributed by atoms with Crippen LogP contribution in [0.2, 0.25) is 0 Å². The van der Waals surface area contributed by atoms with E-state index in [1.54, 1.807) is 31.2 Å². The van der Waals surface area contributed by atoms with Crippen LogP contribution >= 0.6 is 0 Å². The van der Waals surface area contributed by atoms with Gasteiger partial charge in [0, 0.05) is 6.54 Å². The summed E-state index contributed by atoms with van der Waals surface area (Å²) in [5, 5.41) is 2.89. The highest BCUT2D eigenvalue weighted by Gasteiger charge is 2.31. The van der Waals surface area contributed by atoms with E-state index in [0.717, 1.165) is 19.1 Å². The maximum Gasteiger partial charge on any atom is 0.243 e. The number of carbonyl (C=O) groups is 1. The van der Waals surface area contributed by atoms with E-state index in [1.807, 2.05) is 37.3 Å². The number of carbonyl (C=O) groups excluding carboxylic acids is 1. The third kappa shape index (κ3) is 6.78.